The lowest BCUT2D eigenvalue weighted by Crippen LogP contribution is -1.80. The van der Waals surface area contributed by atoms with Gasteiger partial charge in [0.15, 0.2) is 0 Å². The summed E-state index contributed by atoms with van der Waals surface area (Å²) in [7, 11) is 0. The molecule has 0 aliphatic carbocycles. The number of rotatable bonds is 8. The van der Waals surface area contributed by atoms with Gasteiger partial charge in [-0.3, -0.25) is 0 Å². The molecule has 3 aromatic rings. The van der Waals surface area contributed by atoms with E-state index in [2.05, 4.69) is 54.0 Å². The monoisotopic (exact) mass is 383 g/mol. The number of aromatic nitrogens is 1. The van der Waals surface area contributed by atoms with Crippen molar-refractivity contribution in [2.45, 2.75) is 32.1 Å². The van der Waals surface area contributed by atoms with Crippen molar-refractivity contribution < 1.29 is 4.79 Å². The molecular weight excluding hydrogens is 358 g/mol. The zero-order valence-corrected chi connectivity index (χ0v) is 16.6. The Morgan fingerprint density at radius 3 is 2.08 bits per heavy atom. The lowest BCUT2D eigenvalue weighted by Gasteiger charge is -2.02. The van der Waals surface area contributed by atoms with Crippen molar-refractivity contribution in [2.75, 3.05) is 5.75 Å². The van der Waals surface area contributed by atoms with Gasteiger partial charge in [0.05, 0.1) is 16.1 Å². The molecule has 136 valence electrons. The van der Waals surface area contributed by atoms with E-state index in [4.69, 9.17) is 0 Å². The molecule has 2 aromatic carbocycles. The number of nitrogens with zero attached hydrogens (tertiary/aromatic N) is 1. The van der Waals surface area contributed by atoms with Crippen LogP contribution in [0.2, 0.25) is 0 Å². The van der Waals surface area contributed by atoms with Gasteiger partial charge in [0.2, 0.25) is 0 Å². The highest BCUT2D eigenvalue weighted by Crippen LogP contribution is 2.34. The molecule has 0 bridgehead atoms. The summed E-state index contributed by atoms with van der Waals surface area (Å²) in [5.74, 6) is 0.973. The molecule has 0 atom stereocenters. The summed E-state index contributed by atoms with van der Waals surface area (Å²) < 4.78 is 0. The molecule has 2 nitrogen and oxygen atoms in total. The van der Waals surface area contributed by atoms with E-state index < -0.39 is 0 Å². The summed E-state index contributed by atoms with van der Waals surface area (Å²) in [5.41, 5.74) is 5.38. The van der Waals surface area contributed by atoms with Crippen LogP contribution in [0.25, 0.3) is 21.7 Å². The second-order valence-corrected chi connectivity index (χ2v) is 7.16. The zero-order chi connectivity index (χ0) is 18.5. The molecule has 0 amide bonds. The van der Waals surface area contributed by atoms with E-state index in [-0.39, 0.29) is 0 Å². The van der Waals surface area contributed by atoms with Crippen LogP contribution >= 0.6 is 24.0 Å². The number of thiol groups is 1. The molecule has 4 heteroatoms. The molecule has 0 aliphatic rings. The van der Waals surface area contributed by atoms with Crippen LogP contribution in [0.4, 0.5) is 0 Å². The highest BCUT2D eigenvalue weighted by Gasteiger charge is 2.09. The van der Waals surface area contributed by atoms with Gasteiger partial charge in [-0.05, 0) is 24.2 Å². The van der Waals surface area contributed by atoms with Gasteiger partial charge in [-0.15, -0.1) is 11.3 Å². The summed E-state index contributed by atoms with van der Waals surface area (Å²) in [6, 6.07) is 20.7. The van der Waals surface area contributed by atoms with Crippen molar-refractivity contribution in [3.63, 3.8) is 0 Å². The van der Waals surface area contributed by atoms with Gasteiger partial charge in [-0.1, -0.05) is 73.5 Å². The van der Waals surface area contributed by atoms with Crippen molar-refractivity contribution in [1.82, 2.24) is 4.98 Å². The smallest absolute Gasteiger partial charge is 0.119 e. The van der Waals surface area contributed by atoms with Crippen LogP contribution in [0, 0.1) is 0 Å². The zero-order valence-electron chi connectivity index (χ0n) is 14.9. The quantitative estimate of drug-likeness (QED) is 0.272. The summed E-state index contributed by atoms with van der Waals surface area (Å²) in [4.78, 5) is 15.5. The fourth-order valence-electron chi connectivity index (χ4n) is 2.54. The molecule has 1 aromatic heterocycles. The third-order valence-electron chi connectivity index (χ3n) is 3.88. The van der Waals surface area contributed by atoms with Gasteiger partial charge in [-0.25, -0.2) is 4.98 Å². The lowest BCUT2D eigenvalue weighted by atomic mass is 10.1. The Labute approximate surface area is 165 Å². The largest absolute Gasteiger partial charge is 0.303 e. The van der Waals surface area contributed by atoms with E-state index in [0.29, 0.717) is 0 Å². The first kappa shape index (κ1) is 20.4. The Balaban J connectivity index is 0.000000232. The molecular formula is C22H25NOS2. The first-order valence-electron chi connectivity index (χ1n) is 8.95. The van der Waals surface area contributed by atoms with Crippen LogP contribution in [0.15, 0.2) is 66.2 Å². The summed E-state index contributed by atoms with van der Waals surface area (Å²) in [6.45, 7) is 0. The van der Waals surface area contributed by atoms with Crippen molar-refractivity contribution in [1.29, 1.82) is 0 Å². The van der Waals surface area contributed by atoms with Gasteiger partial charge in [-0.2, -0.15) is 12.6 Å². The predicted octanol–water partition coefficient (Wildman–Crippen LogP) is 6.54. The lowest BCUT2D eigenvalue weighted by molar-refractivity contribution is -0.107. The van der Waals surface area contributed by atoms with Crippen LogP contribution < -0.4 is 0 Å². The standard InChI is InChI=1S/C15H11NS.C7H14OS/c1-3-7-12(8-4-1)14-15(17-11-16-14)13-9-5-2-6-10-13;8-6-4-2-1-3-5-7-9/h1-11H;6,9H,1-5,7H2. The van der Waals surface area contributed by atoms with Crippen molar-refractivity contribution in [3.05, 3.63) is 66.2 Å². The molecule has 0 saturated carbocycles. The highest BCUT2D eigenvalue weighted by molar-refractivity contribution is 7.80. The maximum atomic E-state index is 9.82. The molecule has 0 fully saturated rings. The molecule has 3 rings (SSSR count). The van der Waals surface area contributed by atoms with Crippen LogP contribution in [0.1, 0.15) is 32.1 Å². The molecule has 0 radical (unpaired) electrons. The summed E-state index contributed by atoms with van der Waals surface area (Å²) in [6.07, 6.45) is 6.35. The molecule has 0 saturated heterocycles. The molecule has 0 aliphatic heterocycles. The third-order valence-corrected chi connectivity index (χ3v) is 5.07. The van der Waals surface area contributed by atoms with Gasteiger partial charge in [0, 0.05) is 12.0 Å². The minimum Gasteiger partial charge on any atom is -0.303 e. The number of hydrogen-bond acceptors (Lipinski definition) is 4. The number of carbonyl (C=O) groups is 1. The summed E-state index contributed by atoms with van der Waals surface area (Å²) >= 11 is 5.76. The molecule has 1 heterocycles. The van der Waals surface area contributed by atoms with Crippen LogP contribution in [0.5, 0.6) is 0 Å². The first-order valence-corrected chi connectivity index (χ1v) is 10.5. The number of thiazole rings is 1. The Kier molecular flexibility index (Phi) is 9.77. The SMILES string of the molecule is O=CCCCCCCS.c1ccc(-c2ncsc2-c2ccccc2)cc1. The molecule has 0 unspecified atom stereocenters. The van der Waals surface area contributed by atoms with Crippen LogP contribution in [0.3, 0.4) is 0 Å². The molecule has 0 N–H and O–H groups in total. The topological polar surface area (TPSA) is 30.0 Å². The Hall–Kier alpha value is -1.91. The normalized spacial score (nSPS) is 10.0. The Morgan fingerprint density at radius 2 is 1.46 bits per heavy atom. The number of unbranched alkanes of at least 4 members (excludes halogenated alkanes) is 4. The Bertz CT molecular complexity index is 687. The van der Waals surface area contributed by atoms with Crippen LogP contribution in [-0.2, 0) is 4.79 Å². The van der Waals surface area contributed by atoms with E-state index in [0.717, 1.165) is 30.6 Å². The Morgan fingerprint density at radius 1 is 0.846 bits per heavy atom. The molecule has 26 heavy (non-hydrogen) atoms. The van der Waals surface area contributed by atoms with E-state index in [9.17, 15) is 4.79 Å². The average molecular weight is 384 g/mol. The fourth-order valence-corrected chi connectivity index (χ4v) is 3.58. The minimum atomic E-state index is 0.729. The predicted molar refractivity (Wildman–Crippen MR) is 116 cm³/mol. The van der Waals surface area contributed by atoms with Gasteiger partial charge >= 0.3 is 0 Å². The van der Waals surface area contributed by atoms with Crippen molar-refractivity contribution in [2.24, 2.45) is 0 Å². The van der Waals surface area contributed by atoms with Crippen molar-refractivity contribution >= 4 is 30.3 Å². The highest BCUT2D eigenvalue weighted by atomic mass is 32.1. The van der Waals surface area contributed by atoms with Gasteiger partial charge in [0.25, 0.3) is 0 Å². The summed E-state index contributed by atoms with van der Waals surface area (Å²) in [5, 5.41) is 0. The first-order chi connectivity index (χ1) is 12.9. The number of hydrogen-bond donors (Lipinski definition) is 1. The van der Waals surface area contributed by atoms with Gasteiger partial charge < -0.3 is 4.79 Å². The number of aldehydes is 1. The third kappa shape index (κ3) is 6.77. The van der Waals surface area contributed by atoms with Crippen molar-refractivity contribution in [3.8, 4) is 21.7 Å². The fraction of sp³-hybridized carbons (Fsp3) is 0.273. The van der Waals surface area contributed by atoms with E-state index in [1.807, 2.05) is 29.8 Å². The molecule has 0 spiro atoms. The maximum Gasteiger partial charge on any atom is 0.119 e. The average Bonchev–Trinajstić information content (AvgIpc) is 3.20. The number of benzene rings is 2. The maximum absolute atomic E-state index is 9.82. The second kappa shape index (κ2) is 12.4. The van der Waals surface area contributed by atoms with Gasteiger partial charge in [0.1, 0.15) is 6.29 Å². The van der Waals surface area contributed by atoms with E-state index >= 15 is 0 Å². The number of carbonyl (C=O) groups excluding carboxylic acids is 1. The van der Waals surface area contributed by atoms with E-state index in [1.54, 1.807) is 11.3 Å². The van der Waals surface area contributed by atoms with E-state index in [1.165, 1.54) is 35.3 Å². The van der Waals surface area contributed by atoms with Crippen LogP contribution in [-0.4, -0.2) is 17.0 Å². The minimum absolute atomic E-state index is 0.729. The second-order valence-electron chi connectivity index (χ2n) is 5.86.